The van der Waals surface area contributed by atoms with Crippen LogP contribution in [0.15, 0.2) is 28.8 Å². The standard InChI is InChI=1S/C18H20F3N3O3/c1-12-15(17(25)26-2)9-14(27-12)11-23-5-7-24(8-6-23)16-4-3-13(10-22-16)18(19,20)21/h3-4,9-10H,5-8,11H2,1-2H3. The van der Waals surface area contributed by atoms with Crippen LogP contribution in [-0.4, -0.2) is 49.1 Å². The molecule has 1 fully saturated rings. The number of nitrogens with zero attached hydrogens (tertiary/aromatic N) is 3. The highest BCUT2D eigenvalue weighted by Crippen LogP contribution is 2.29. The zero-order valence-corrected chi connectivity index (χ0v) is 15.0. The van der Waals surface area contributed by atoms with Crippen LogP contribution in [0.25, 0.3) is 0 Å². The first-order chi connectivity index (χ1) is 12.8. The molecule has 1 saturated heterocycles. The number of pyridine rings is 1. The van der Waals surface area contributed by atoms with Gasteiger partial charge in [0.15, 0.2) is 0 Å². The quantitative estimate of drug-likeness (QED) is 0.757. The monoisotopic (exact) mass is 383 g/mol. The Hall–Kier alpha value is -2.55. The maximum absolute atomic E-state index is 12.6. The molecule has 3 rings (SSSR count). The van der Waals surface area contributed by atoms with Crippen molar-refractivity contribution in [1.29, 1.82) is 0 Å². The Balaban J connectivity index is 1.57. The van der Waals surface area contributed by atoms with Crippen LogP contribution < -0.4 is 4.90 Å². The Morgan fingerprint density at radius 1 is 1.26 bits per heavy atom. The van der Waals surface area contributed by atoms with Gasteiger partial charge in [0.05, 0.1) is 19.2 Å². The number of furan rings is 1. The summed E-state index contributed by atoms with van der Waals surface area (Å²) in [4.78, 5) is 19.7. The Bertz CT molecular complexity index is 794. The number of hydrogen-bond donors (Lipinski definition) is 0. The number of alkyl halides is 3. The van der Waals surface area contributed by atoms with Crippen LogP contribution in [0.4, 0.5) is 19.0 Å². The second-order valence-corrected chi connectivity index (χ2v) is 6.34. The van der Waals surface area contributed by atoms with E-state index in [0.717, 1.165) is 12.3 Å². The van der Waals surface area contributed by atoms with Gasteiger partial charge in [-0.1, -0.05) is 0 Å². The zero-order chi connectivity index (χ0) is 19.6. The third-order valence-corrected chi connectivity index (χ3v) is 4.53. The molecule has 2 aromatic heterocycles. The van der Waals surface area contributed by atoms with Gasteiger partial charge < -0.3 is 14.1 Å². The van der Waals surface area contributed by atoms with Gasteiger partial charge >= 0.3 is 12.1 Å². The number of aromatic nitrogens is 1. The van der Waals surface area contributed by atoms with E-state index in [-0.39, 0.29) is 0 Å². The van der Waals surface area contributed by atoms with Crippen molar-refractivity contribution < 1.29 is 27.1 Å². The Kier molecular flexibility index (Phi) is 5.41. The summed E-state index contributed by atoms with van der Waals surface area (Å²) >= 11 is 0. The van der Waals surface area contributed by atoms with E-state index in [0.29, 0.717) is 55.6 Å². The smallest absolute Gasteiger partial charge is 0.417 e. The average molecular weight is 383 g/mol. The van der Waals surface area contributed by atoms with Crippen molar-refractivity contribution in [3.8, 4) is 0 Å². The maximum Gasteiger partial charge on any atom is 0.417 e. The first kappa shape index (κ1) is 19.2. The number of aryl methyl sites for hydroxylation is 1. The van der Waals surface area contributed by atoms with Gasteiger partial charge in [-0.15, -0.1) is 0 Å². The number of ether oxygens (including phenoxy) is 1. The minimum absolute atomic E-state index is 0.417. The SMILES string of the molecule is COC(=O)c1cc(CN2CCN(c3ccc(C(F)(F)F)cn3)CC2)oc1C. The van der Waals surface area contributed by atoms with Crippen molar-refractivity contribution in [2.45, 2.75) is 19.6 Å². The summed E-state index contributed by atoms with van der Waals surface area (Å²) in [6.45, 7) is 4.95. The number of carbonyl (C=O) groups excluding carboxylic acids is 1. The van der Waals surface area contributed by atoms with Crippen LogP contribution >= 0.6 is 0 Å². The van der Waals surface area contributed by atoms with E-state index < -0.39 is 17.7 Å². The van der Waals surface area contributed by atoms with Crippen molar-refractivity contribution in [3.63, 3.8) is 0 Å². The third kappa shape index (κ3) is 4.41. The molecule has 9 heteroatoms. The fourth-order valence-electron chi connectivity index (χ4n) is 3.03. The predicted octanol–water partition coefficient (Wildman–Crippen LogP) is 3.11. The summed E-state index contributed by atoms with van der Waals surface area (Å²) in [6.07, 6.45) is -3.52. The maximum atomic E-state index is 12.6. The summed E-state index contributed by atoms with van der Waals surface area (Å²) in [6, 6.07) is 4.14. The van der Waals surface area contributed by atoms with Gasteiger partial charge in [-0.25, -0.2) is 9.78 Å². The van der Waals surface area contributed by atoms with Crippen LogP contribution in [0.3, 0.4) is 0 Å². The van der Waals surface area contributed by atoms with E-state index >= 15 is 0 Å². The normalized spacial score (nSPS) is 15.8. The summed E-state index contributed by atoms with van der Waals surface area (Å²) < 4.78 is 48.2. The van der Waals surface area contributed by atoms with E-state index in [1.165, 1.54) is 13.2 Å². The molecule has 0 aromatic carbocycles. The predicted molar refractivity (Wildman–Crippen MR) is 91.5 cm³/mol. The van der Waals surface area contributed by atoms with Gasteiger partial charge in [0.2, 0.25) is 0 Å². The lowest BCUT2D eigenvalue weighted by molar-refractivity contribution is -0.137. The number of hydrogen-bond acceptors (Lipinski definition) is 6. The van der Waals surface area contributed by atoms with Crippen LogP contribution in [-0.2, 0) is 17.5 Å². The molecule has 6 nitrogen and oxygen atoms in total. The number of rotatable bonds is 4. The van der Waals surface area contributed by atoms with Crippen LogP contribution in [0, 0.1) is 6.92 Å². The van der Waals surface area contributed by atoms with Gasteiger partial charge in [-0.05, 0) is 25.1 Å². The van der Waals surface area contributed by atoms with Crippen molar-refractivity contribution in [1.82, 2.24) is 9.88 Å². The van der Waals surface area contributed by atoms with Crippen molar-refractivity contribution in [3.05, 3.63) is 47.0 Å². The van der Waals surface area contributed by atoms with Gasteiger partial charge in [0, 0.05) is 32.4 Å². The van der Waals surface area contributed by atoms with Gasteiger partial charge in [-0.3, -0.25) is 4.90 Å². The molecule has 0 N–H and O–H groups in total. The van der Waals surface area contributed by atoms with Crippen LogP contribution in [0.2, 0.25) is 0 Å². The molecule has 0 amide bonds. The molecule has 27 heavy (non-hydrogen) atoms. The fraction of sp³-hybridized carbons (Fsp3) is 0.444. The highest BCUT2D eigenvalue weighted by molar-refractivity contribution is 5.90. The number of carbonyl (C=O) groups is 1. The molecule has 0 saturated carbocycles. The molecular formula is C18H20F3N3O3. The Labute approximate surface area is 154 Å². The van der Waals surface area contributed by atoms with Crippen molar-refractivity contribution >= 4 is 11.8 Å². The van der Waals surface area contributed by atoms with Crippen LogP contribution in [0.1, 0.15) is 27.4 Å². The van der Waals surface area contributed by atoms with Crippen molar-refractivity contribution in [2.24, 2.45) is 0 Å². The summed E-state index contributed by atoms with van der Waals surface area (Å²) in [7, 11) is 1.32. The minimum atomic E-state index is -4.38. The molecule has 146 valence electrons. The zero-order valence-electron chi connectivity index (χ0n) is 15.0. The van der Waals surface area contributed by atoms with Crippen LogP contribution in [0.5, 0.6) is 0 Å². The minimum Gasteiger partial charge on any atom is -0.465 e. The van der Waals surface area contributed by atoms with Crippen molar-refractivity contribution in [2.75, 3.05) is 38.2 Å². The molecule has 0 atom stereocenters. The third-order valence-electron chi connectivity index (χ3n) is 4.53. The largest absolute Gasteiger partial charge is 0.465 e. The molecule has 0 radical (unpaired) electrons. The highest BCUT2D eigenvalue weighted by Gasteiger charge is 2.31. The highest BCUT2D eigenvalue weighted by atomic mass is 19.4. The second-order valence-electron chi connectivity index (χ2n) is 6.34. The summed E-state index contributed by atoms with van der Waals surface area (Å²) in [5.41, 5.74) is -0.334. The number of halogens is 3. The van der Waals surface area contributed by atoms with E-state index in [4.69, 9.17) is 9.15 Å². The number of methoxy groups -OCH3 is 1. The first-order valence-electron chi connectivity index (χ1n) is 8.46. The van der Waals surface area contributed by atoms with E-state index in [2.05, 4.69) is 9.88 Å². The molecule has 0 aliphatic carbocycles. The number of piperazine rings is 1. The molecular weight excluding hydrogens is 363 g/mol. The fourth-order valence-corrected chi connectivity index (χ4v) is 3.03. The molecule has 1 aliphatic rings. The van der Waals surface area contributed by atoms with E-state index in [1.54, 1.807) is 13.0 Å². The lowest BCUT2D eigenvalue weighted by Crippen LogP contribution is -2.46. The lowest BCUT2D eigenvalue weighted by Gasteiger charge is -2.35. The molecule has 0 spiro atoms. The lowest BCUT2D eigenvalue weighted by atomic mass is 10.2. The molecule has 0 bridgehead atoms. The average Bonchev–Trinajstić information content (AvgIpc) is 3.01. The molecule has 1 aliphatic heterocycles. The molecule has 2 aromatic rings. The van der Waals surface area contributed by atoms with E-state index in [9.17, 15) is 18.0 Å². The van der Waals surface area contributed by atoms with Gasteiger partial charge in [-0.2, -0.15) is 13.2 Å². The van der Waals surface area contributed by atoms with Gasteiger partial charge in [0.1, 0.15) is 22.9 Å². The van der Waals surface area contributed by atoms with E-state index in [1.807, 2.05) is 4.90 Å². The Morgan fingerprint density at radius 3 is 2.52 bits per heavy atom. The number of esters is 1. The number of anilines is 1. The molecule has 3 heterocycles. The second kappa shape index (κ2) is 7.59. The summed E-state index contributed by atoms with van der Waals surface area (Å²) in [5, 5.41) is 0. The first-order valence-corrected chi connectivity index (χ1v) is 8.46. The Morgan fingerprint density at radius 2 is 1.96 bits per heavy atom. The summed E-state index contributed by atoms with van der Waals surface area (Å²) in [5.74, 6) is 1.30. The topological polar surface area (TPSA) is 58.8 Å². The van der Waals surface area contributed by atoms with Gasteiger partial charge in [0.25, 0.3) is 0 Å². The molecule has 0 unspecified atom stereocenters.